The Morgan fingerprint density at radius 3 is 3.00 bits per heavy atom. The Labute approximate surface area is 120 Å². The molecule has 112 valence electrons. The normalized spacial score (nSPS) is 20.8. The van der Waals surface area contributed by atoms with Crippen LogP contribution in [-0.2, 0) is 10.0 Å². The minimum Gasteiger partial charge on any atom is -0.373 e. The zero-order valence-electron chi connectivity index (χ0n) is 12.0. The standard InChI is InChI=1S/C13H22N4O2S/c1-3-17-8-4-5-11(10-17)16-20(18,19)12-6-7-15-13(9-12)14-2/h6-7,9,11,16H,3-5,8,10H2,1-2H3,(H,14,15). The molecule has 7 heteroatoms. The van der Waals surface area contributed by atoms with E-state index in [-0.39, 0.29) is 10.9 Å². The first-order chi connectivity index (χ1) is 9.55. The average molecular weight is 298 g/mol. The van der Waals surface area contributed by atoms with Crippen LogP contribution in [0.2, 0.25) is 0 Å². The van der Waals surface area contributed by atoms with E-state index in [2.05, 4.69) is 26.8 Å². The molecule has 0 bridgehead atoms. The maximum absolute atomic E-state index is 12.4. The summed E-state index contributed by atoms with van der Waals surface area (Å²) in [6.45, 7) is 4.88. The highest BCUT2D eigenvalue weighted by molar-refractivity contribution is 7.89. The number of hydrogen-bond acceptors (Lipinski definition) is 5. The van der Waals surface area contributed by atoms with Crippen LogP contribution in [-0.4, -0.2) is 51.0 Å². The summed E-state index contributed by atoms with van der Waals surface area (Å²) >= 11 is 0. The average Bonchev–Trinajstić information content (AvgIpc) is 2.47. The second kappa shape index (κ2) is 6.51. The van der Waals surface area contributed by atoms with Crippen LogP contribution in [0.5, 0.6) is 0 Å². The molecule has 0 radical (unpaired) electrons. The first-order valence-electron chi connectivity index (χ1n) is 6.93. The predicted molar refractivity (Wildman–Crippen MR) is 79.2 cm³/mol. The number of nitrogens with zero attached hydrogens (tertiary/aromatic N) is 2. The van der Waals surface area contributed by atoms with Crippen molar-refractivity contribution in [1.82, 2.24) is 14.6 Å². The summed E-state index contributed by atoms with van der Waals surface area (Å²) in [4.78, 5) is 6.55. The van der Waals surface area contributed by atoms with Crippen molar-refractivity contribution in [3.05, 3.63) is 18.3 Å². The number of likely N-dealkylation sites (N-methyl/N-ethyl adjacent to an activating group) is 1. The summed E-state index contributed by atoms with van der Waals surface area (Å²) < 4.78 is 27.6. The van der Waals surface area contributed by atoms with E-state index >= 15 is 0 Å². The molecule has 1 aliphatic heterocycles. The highest BCUT2D eigenvalue weighted by Gasteiger charge is 2.24. The van der Waals surface area contributed by atoms with Gasteiger partial charge in [-0.25, -0.2) is 18.1 Å². The Kier molecular flexibility index (Phi) is 4.95. The minimum absolute atomic E-state index is 0.0140. The molecule has 1 saturated heterocycles. The highest BCUT2D eigenvalue weighted by Crippen LogP contribution is 2.16. The Bertz CT molecular complexity index is 547. The molecule has 20 heavy (non-hydrogen) atoms. The van der Waals surface area contributed by atoms with E-state index in [1.165, 1.54) is 12.3 Å². The fourth-order valence-electron chi connectivity index (χ4n) is 2.44. The van der Waals surface area contributed by atoms with Crippen LogP contribution in [0, 0.1) is 0 Å². The molecule has 0 saturated carbocycles. The summed E-state index contributed by atoms with van der Waals surface area (Å²) in [7, 11) is -1.77. The number of piperidine rings is 1. The van der Waals surface area contributed by atoms with Crippen molar-refractivity contribution in [1.29, 1.82) is 0 Å². The molecule has 2 heterocycles. The lowest BCUT2D eigenvalue weighted by Crippen LogP contribution is -2.47. The number of anilines is 1. The number of likely N-dealkylation sites (tertiary alicyclic amines) is 1. The van der Waals surface area contributed by atoms with Gasteiger partial charge in [-0.05, 0) is 32.0 Å². The SMILES string of the molecule is CCN1CCCC(NS(=O)(=O)c2ccnc(NC)c2)C1. The molecule has 6 nitrogen and oxygen atoms in total. The molecule has 0 spiro atoms. The van der Waals surface area contributed by atoms with Gasteiger partial charge < -0.3 is 10.2 Å². The number of aromatic nitrogens is 1. The van der Waals surface area contributed by atoms with Crippen LogP contribution in [0.3, 0.4) is 0 Å². The number of hydrogen-bond donors (Lipinski definition) is 2. The third-order valence-electron chi connectivity index (χ3n) is 3.57. The Morgan fingerprint density at radius 2 is 2.30 bits per heavy atom. The predicted octanol–water partition coefficient (Wildman–Crippen LogP) is 0.886. The molecule has 1 aromatic rings. The van der Waals surface area contributed by atoms with Crippen molar-refractivity contribution in [2.24, 2.45) is 0 Å². The van der Waals surface area contributed by atoms with Crippen molar-refractivity contribution in [3.8, 4) is 0 Å². The zero-order valence-corrected chi connectivity index (χ0v) is 12.8. The number of rotatable bonds is 5. The summed E-state index contributed by atoms with van der Waals surface area (Å²) in [6, 6.07) is 3.05. The van der Waals surface area contributed by atoms with Crippen molar-refractivity contribution in [3.63, 3.8) is 0 Å². The largest absolute Gasteiger partial charge is 0.373 e. The Hall–Kier alpha value is -1.18. The minimum atomic E-state index is -3.48. The summed E-state index contributed by atoms with van der Waals surface area (Å²) in [5, 5.41) is 2.85. The molecule has 0 amide bonds. The van der Waals surface area contributed by atoms with Gasteiger partial charge in [-0.1, -0.05) is 6.92 Å². The van der Waals surface area contributed by atoms with Gasteiger partial charge in [0.05, 0.1) is 4.90 Å². The van der Waals surface area contributed by atoms with Gasteiger partial charge in [0, 0.05) is 31.9 Å². The van der Waals surface area contributed by atoms with Crippen LogP contribution in [0.4, 0.5) is 5.82 Å². The summed E-state index contributed by atoms with van der Waals surface area (Å²) in [5.74, 6) is 0.548. The van der Waals surface area contributed by atoms with Crippen molar-refractivity contribution in [2.45, 2.75) is 30.7 Å². The van der Waals surface area contributed by atoms with Gasteiger partial charge in [-0.15, -0.1) is 0 Å². The monoisotopic (exact) mass is 298 g/mol. The maximum Gasteiger partial charge on any atom is 0.241 e. The van der Waals surface area contributed by atoms with Gasteiger partial charge in [0.15, 0.2) is 0 Å². The fourth-order valence-corrected chi connectivity index (χ4v) is 3.72. The first kappa shape index (κ1) is 15.2. The molecule has 1 atom stereocenters. The third-order valence-corrected chi connectivity index (χ3v) is 5.09. The van der Waals surface area contributed by atoms with Crippen molar-refractivity contribution >= 4 is 15.8 Å². The van der Waals surface area contributed by atoms with Crippen molar-refractivity contribution in [2.75, 3.05) is 32.0 Å². The quantitative estimate of drug-likeness (QED) is 0.844. The molecule has 2 N–H and O–H groups in total. The second-order valence-corrected chi connectivity index (χ2v) is 6.69. The van der Waals surface area contributed by atoms with Gasteiger partial charge >= 0.3 is 0 Å². The van der Waals surface area contributed by atoms with E-state index in [0.29, 0.717) is 5.82 Å². The molecule has 0 aromatic carbocycles. The lowest BCUT2D eigenvalue weighted by Gasteiger charge is -2.32. The third kappa shape index (κ3) is 3.68. The first-order valence-corrected chi connectivity index (χ1v) is 8.42. The molecule has 1 aliphatic rings. The molecule has 1 unspecified atom stereocenters. The molecular formula is C13H22N4O2S. The topological polar surface area (TPSA) is 74.3 Å². The van der Waals surface area contributed by atoms with Crippen LogP contribution < -0.4 is 10.0 Å². The summed E-state index contributed by atoms with van der Waals surface area (Å²) in [5.41, 5.74) is 0. The highest BCUT2D eigenvalue weighted by atomic mass is 32.2. The molecule has 1 aromatic heterocycles. The Morgan fingerprint density at radius 1 is 1.50 bits per heavy atom. The smallest absolute Gasteiger partial charge is 0.241 e. The van der Waals surface area contributed by atoms with Gasteiger partial charge in [0.25, 0.3) is 0 Å². The maximum atomic E-state index is 12.4. The second-order valence-electron chi connectivity index (χ2n) is 4.98. The van der Waals surface area contributed by atoms with E-state index in [4.69, 9.17) is 0 Å². The van der Waals surface area contributed by atoms with Gasteiger partial charge in [-0.3, -0.25) is 0 Å². The molecule has 0 aliphatic carbocycles. The fraction of sp³-hybridized carbons (Fsp3) is 0.615. The van der Waals surface area contributed by atoms with Crippen molar-refractivity contribution < 1.29 is 8.42 Å². The number of pyridine rings is 1. The molecule has 1 fully saturated rings. The number of sulfonamides is 1. The molecular weight excluding hydrogens is 276 g/mol. The lowest BCUT2D eigenvalue weighted by molar-refractivity contribution is 0.211. The van der Waals surface area contributed by atoms with Gasteiger partial charge in [-0.2, -0.15) is 0 Å². The zero-order chi connectivity index (χ0) is 14.6. The van der Waals surface area contributed by atoms with E-state index in [1.807, 2.05) is 0 Å². The van der Waals surface area contributed by atoms with Crippen LogP contribution in [0.15, 0.2) is 23.2 Å². The van der Waals surface area contributed by atoms with E-state index in [1.54, 1.807) is 13.1 Å². The lowest BCUT2D eigenvalue weighted by atomic mass is 10.1. The van der Waals surface area contributed by atoms with Crippen LogP contribution in [0.1, 0.15) is 19.8 Å². The van der Waals surface area contributed by atoms with Gasteiger partial charge in [0.2, 0.25) is 10.0 Å². The van der Waals surface area contributed by atoms with E-state index in [0.717, 1.165) is 32.5 Å². The van der Waals surface area contributed by atoms with Gasteiger partial charge in [0.1, 0.15) is 5.82 Å². The Balaban J connectivity index is 2.10. The molecule has 2 rings (SSSR count). The van der Waals surface area contributed by atoms with Crippen LogP contribution >= 0.6 is 0 Å². The number of nitrogens with one attached hydrogen (secondary N) is 2. The summed E-state index contributed by atoms with van der Waals surface area (Å²) in [6.07, 6.45) is 3.42. The van der Waals surface area contributed by atoms with E-state index < -0.39 is 10.0 Å². The van der Waals surface area contributed by atoms with Crippen LogP contribution in [0.25, 0.3) is 0 Å². The van der Waals surface area contributed by atoms with E-state index in [9.17, 15) is 8.42 Å².